The van der Waals surface area contributed by atoms with E-state index in [0.29, 0.717) is 11.8 Å². The summed E-state index contributed by atoms with van der Waals surface area (Å²) in [6.07, 6.45) is 4.77. The van der Waals surface area contributed by atoms with Gasteiger partial charge in [0, 0.05) is 30.5 Å². The van der Waals surface area contributed by atoms with Gasteiger partial charge in [0.1, 0.15) is 11.3 Å². The van der Waals surface area contributed by atoms with Crippen molar-refractivity contribution in [1.82, 2.24) is 14.3 Å². The third kappa shape index (κ3) is 2.51. The van der Waals surface area contributed by atoms with E-state index in [1.165, 1.54) is 12.8 Å². The summed E-state index contributed by atoms with van der Waals surface area (Å²) < 4.78 is 10.5. The predicted octanol–water partition coefficient (Wildman–Crippen LogP) is 3.94. The number of hydrogen-bond acceptors (Lipinski definition) is 6. The highest BCUT2D eigenvalue weighted by atomic mass is 32.1. The summed E-state index contributed by atoms with van der Waals surface area (Å²) in [6.45, 7) is 1.97. The zero-order valence-electron chi connectivity index (χ0n) is 12.8. The number of benzene rings is 1. The zero-order chi connectivity index (χ0) is 15.2. The molecule has 0 amide bonds. The highest BCUT2D eigenvalue weighted by Crippen LogP contribution is 2.40. The number of nitrogens with zero attached hydrogens (tertiary/aromatic N) is 4. The van der Waals surface area contributed by atoms with Crippen LogP contribution in [0.3, 0.4) is 0 Å². The van der Waals surface area contributed by atoms with Crippen LogP contribution in [0.15, 0.2) is 28.7 Å². The minimum Gasteiger partial charge on any atom is -0.440 e. The van der Waals surface area contributed by atoms with Gasteiger partial charge in [0.2, 0.25) is 5.13 Å². The minimum atomic E-state index is 0.337. The van der Waals surface area contributed by atoms with Gasteiger partial charge in [0.25, 0.3) is 0 Å². The number of aromatic nitrogens is 3. The molecule has 2 aromatic heterocycles. The zero-order valence-corrected chi connectivity index (χ0v) is 13.6. The fourth-order valence-electron chi connectivity index (χ4n) is 3.28. The molecule has 0 bridgehead atoms. The van der Waals surface area contributed by atoms with Gasteiger partial charge in [-0.15, -0.1) is 0 Å². The first kappa shape index (κ1) is 13.5. The van der Waals surface area contributed by atoms with Crippen LogP contribution < -0.4 is 4.90 Å². The van der Waals surface area contributed by atoms with E-state index in [1.54, 1.807) is 11.5 Å². The summed E-state index contributed by atoms with van der Waals surface area (Å²) in [6, 6.07) is 7.99. The van der Waals surface area contributed by atoms with Crippen molar-refractivity contribution in [3.8, 4) is 0 Å². The van der Waals surface area contributed by atoms with Gasteiger partial charge >= 0.3 is 0 Å². The lowest BCUT2D eigenvalue weighted by molar-refractivity contribution is 0.413. The van der Waals surface area contributed by atoms with E-state index in [1.807, 2.05) is 24.3 Å². The standard InChI is InChI=1S/C17H18N4OS/c1-2-6-14-13(5-1)18-16(22-14)12-4-3-9-21(10-12)17-19-15(20-23-17)11-7-8-11/h1-2,5-6,11-12H,3-4,7-10H2/t12-/m1/s1. The molecular weight excluding hydrogens is 308 g/mol. The lowest BCUT2D eigenvalue weighted by Crippen LogP contribution is -2.34. The first-order valence-corrected chi connectivity index (χ1v) is 9.08. The number of fused-ring (bicyclic) bond motifs is 1. The van der Waals surface area contributed by atoms with Gasteiger partial charge in [0.05, 0.1) is 5.92 Å². The van der Waals surface area contributed by atoms with Crippen LogP contribution in [0.4, 0.5) is 5.13 Å². The van der Waals surface area contributed by atoms with E-state index in [0.717, 1.165) is 53.9 Å². The van der Waals surface area contributed by atoms with Gasteiger partial charge in [-0.1, -0.05) is 12.1 Å². The second kappa shape index (κ2) is 5.30. The maximum atomic E-state index is 5.97. The number of piperidine rings is 1. The van der Waals surface area contributed by atoms with Crippen molar-refractivity contribution in [2.45, 2.75) is 37.5 Å². The van der Waals surface area contributed by atoms with Gasteiger partial charge in [0.15, 0.2) is 11.5 Å². The summed E-state index contributed by atoms with van der Waals surface area (Å²) in [5.74, 6) is 2.87. The SMILES string of the molecule is c1ccc2oc([C@@H]3CCCN(c4nc(C5CC5)ns4)C3)nc2c1. The van der Waals surface area contributed by atoms with E-state index in [-0.39, 0.29) is 0 Å². The quantitative estimate of drug-likeness (QED) is 0.729. The highest BCUT2D eigenvalue weighted by molar-refractivity contribution is 7.09. The van der Waals surface area contributed by atoms with Crippen LogP contribution >= 0.6 is 11.5 Å². The van der Waals surface area contributed by atoms with Crippen LogP contribution in [0, 0.1) is 0 Å². The Morgan fingerprint density at radius 2 is 2.00 bits per heavy atom. The van der Waals surface area contributed by atoms with Crippen LogP contribution in [-0.4, -0.2) is 27.4 Å². The van der Waals surface area contributed by atoms with Gasteiger partial charge in [-0.2, -0.15) is 4.37 Å². The van der Waals surface area contributed by atoms with E-state index >= 15 is 0 Å². The first-order chi connectivity index (χ1) is 11.4. The highest BCUT2D eigenvalue weighted by Gasteiger charge is 2.31. The lowest BCUT2D eigenvalue weighted by atomic mass is 9.98. The summed E-state index contributed by atoms with van der Waals surface area (Å²) in [5.41, 5.74) is 1.83. The maximum absolute atomic E-state index is 5.97. The molecule has 6 heteroatoms. The van der Waals surface area contributed by atoms with Gasteiger partial charge in [-0.25, -0.2) is 9.97 Å². The normalized spacial score (nSPS) is 21.9. The van der Waals surface area contributed by atoms with Crippen molar-refractivity contribution >= 4 is 27.8 Å². The van der Waals surface area contributed by atoms with E-state index in [2.05, 4.69) is 14.3 Å². The molecule has 2 aliphatic rings. The molecule has 23 heavy (non-hydrogen) atoms. The Morgan fingerprint density at radius 3 is 2.87 bits per heavy atom. The average molecular weight is 326 g/mol. The Bertz CT molecular complexity index is 805. The van der Waals surface area contributed by atoms with Crippen molar-refractivity contribution in [2.75, 3.05) is 18.0 Å². The second-order valence-electron chi connectivity index (χ2n) is 6.51. The minimum absolute atomic E-state index is 0.337. The molecule has 1 aliphatic heterocycles. The van der Waals surface area contributed by atoms with Crippen molar-refractivity contribution in [2.24, 2.45) is 0 Å². The Kier molecular flexibility index (Phi) is 3.11. The molecule has 5 nitrogen and oxygen atoms in total. The average Bonchev–Trinajstić information content (AvgIpc) is 3.17. The molecule has 0 unspecified atom stereocenters. The van der Waals surface area contributed by atoms with E-state index in [9.17, 15) is 0 Å². The molecule has 3 heterocycles. The number of hydrogen-bond donors (Lipinski definition) is 0. The van der Waals surface area contributed by atoms with E-state index < -0.39 is 0 Å². The van der Waals surface area contributed by atoms with Crippen LogP contribution in [-0.2, 0) is 0 Å². The Morgan fingerprint density at radius 1 is 1.09 bits per heavy atom. The van der Waals surface area contributed by atoms with Crippen molar-refractivity contribution in [3.63, 3.8) is 0 Å². The predicted molar refractivity (Wildman–Crippen MR) is 90.1 cm³/mol. The topological polar surface area (TPSA) is 55.1 Å². The Hall–Kier alpha value is -1.95. The monoisotopic (exact) mass is 326 g/mol. The van der Waals surface area contributed by atoms with Gasteiger partial charge in [-0.05, 0) is 37.8 Å². The number of para-hydroxylation sites is 2. The first-order valence-electron chi connectivity index (χ1n) is 8.31. The molecular formula is C17H18N4OS. The Balaban J connectivity index is 1.38. The number of anilines is 1. The Labute approximate surface area is 138 Å². The lowest BCUT2D eigenvalue weighted by Gasteiger charge is -2.30. The molecule has 1 aromatic carbocycles. The summed E-state index contributed by atoms with van der Waals surface area (Å²) >= 11 is 1.54. The molecule has 1 saturated heterocycles. The maximum Gasteiger partial charge on any atom is 0.205 e. The van der Waals surface area contributed by atoms with Crippen LogP contribution in [0.5, 0.6) is 0 Å². The molecule has 1 aliphatic carbocycles. The van der Waals surface area contributed by atoms with Crippen molar-refractivity contribution < 1.29 is 4.42 Å². The fourth-order valence-corrected chi connectivity index (χ4v) is 4.06. The number of oxazole rings is 1. The molecule has 1 saturated carbocycles. The fraction of sp³-hybridized carbons (Fsp3) is 0.471. The third-order valence-corrected chi connectivity index (χ3v) is 5.52. The third-order valence-electron chi connectivity index (χ3n) is 4.73. The largest absolute Gasteiger partial charge is 0.440 e. The summed E-state index contributed by atoms with van der Waals surface area (Å²) in [5, 5.41) is 1.06. The van der Waals surface area contributed by atoms with Gasteiger partial charge in [-0.3, -0.25) is 0 Å². The molecule has 0 spiro atoms. The molecule has 0 radical (unpaired) electrons. The van der Waals surface area contributed by atoms with Gasteiger partial charge < -0.3 is 9.32 Å². The van der Waals surface area contributed by atoms with Crippen LogP contribution in [0.25, 0.3) is 11.1 Å². The number of rotatable bonds is 3. The molecule has 1 atom stereocenters. The smallest absolute Gasteiger partial charge is 0.205 e. The second-order valence-corrected chi connectivity index (χ2v) is 7.24. The summed E-state index contributed by atoms with van der Waals surface area (Å²) in [4.78, 5) is 11.8. The van der Waals surface area contributed by atoms with Crippen molar-refractivity contribution in [1.29, 1.82) is 0 Å². The van der Waals surface area contributed by atoms with Crippen LogP contribution in [0.1, 0.15) is 49.2 Å². The molecule has 5 rings (SSSR count). The van der Waals surface area contributed by atoms with Crippen molar-refractivity contribution in [3.05, 3.63) is 36.0 Å². The molecule has 0 N–H and O–H groups in total. The van der Waals surface area contributed by atoms with E-state index in [4.69, 9.17) is 9.40 Å². The van der Waals surface area contributed by atoms with Crippen LogP contribution in [0.2, 0.25) is 0 Å². The molecule has 3 aromatic rings. The molecule has 118 valence electrons. The summed E-state index contributed by atoms with van der Waals surface area (Å²) in [7, 11) is 0. The molecule has 2 fully saturated rings.